The summed E-state index contributed by atoms with van der Waals surface area (Å²) in [5.41, 5.74) is 2.07. The highest BCUT2D eigenvalue weighted by atomic mass is 16.5. The van der Waals surface area contributed by atoms with Crippen molar-refractivity contribution in [2.75, 3.05) is 7.11 Å². The summed E-state index contributed by atoms with van der Waals surface area (Å²) < 4.78 is 5.53. The Hall–Kier alpha value is -0.930. The molecule has 1 saturated carbocycles. The number of pyridine rings is 1. The van der Waals surface area contributed by atoms with Gasteiger partial charge < -0.3 is 9.84 Å². The van der Waals surface area contributed by atoms with Crippen molar-refractivity contribution in [2.24, 2.45) is 0 Å². The van der Waals surface area contributed by atoms with Crippen LogP contribution in [0.5, 0.6) is 0 Å². The molecule has 17 heavy (non-hydrogen) atoms. The molecule has 1 unspecified atom stereocenters. The van der Waals surface area contributed by atoms with Gasteiger partial charge in [0, 0.05) is 31.8 Å². The second kappa shape index (κ2) is 5.15. The molecule has 1 aromatic heterocycles. The molecule has 1 atom stereocenters. The Balaban J connectivity index is 1.93. The number of aryl methyl sites for hydroxylation is 1. The van der Waals surface area contributed by atoms with Crippen LogP contribution in [0.2, 0.25) is 0 Å². The Kier molecular flexibility index (Phi) is 3.79. The number of aliphatic hydroxyl groups is 1. The lowest BCUT2D eigenvalue weighted by atomic mass is 9.75. The minimum Gasteiger partial charge on any atom is -0.393 e. The maximum Gasteiger partial charge on any atom is 0.0703 e. The summed E-state index contributed by atoms with van der Waals surface area (Å²) in [6.45, 7) is 2.03. The molecule has 0 saturated heterocycles. The van der Waals surface area contributed by atoms with Crippen molar-refractivity contribution in [2.45, 2.75) is 50.7 Å². The summed E-state index contributed by atoms with van der Waals surface area (Å²) in [6, 6.07) is 3.96. The predicted octanol–water partition coefficient (Wildman–Crippen LogP) is 2.25. The summed E-state index contributed by atoms with van der Waals surface area (Å²) in [4.78, 5) is 4.32. The molecule has 1 N–H and O–H groups in total. The zero-order valence-corrected chi connectivity index (χ0v) is 10.6. The zero-order valence-electron chi connectivity index (χ0n) is 10.6. The smallest absolute Gasteiger partial charge is 0.0703 e. The van der Waals surface area contributed by atoms with E-state index in [4.69, 9.17) is 4.74 Å². The van der Waals surface area contributed by atoms with Gasteiger partial charge in [0.15, 0.2) is 0 Å². The van der Waals surface area contributed by atoms with Crippen LogP contribution < -0.4 is 0 Å². The van der Waals surface area contributed by atoms with Crippen LogP contribution in [-0.2, 0) is 11.2 Å². The summed E-state index contributed by atoms with van der Waals surface area (Å²) in [6.07, 6.45) is 6.12. The first-order valence-electron chi connectivity index (χ1n) is 6.29. The van der Waals surface area contributed by atoms with Crippen molar-refractivity contribution in [3.05, 3.63) is 29.6 Å². The van der Waals surface area contributed by atoms with Crippen molar-refractivity contribution in [3.8, 4) is 0 Å². The molecule has 1 aromatic rings. The summed E-state index contributed by atoms with van der Waals surface area (Å²) in [5.74, 6) is 0. The molecular weight excluding hydrogens is 214 g/mol. The maximum atomic E-state index is 10.1. The van der Waals surface area contributed by atoms with Crippen molar-refractivity contribution in [3.63, 3.8) is 0 Å². The van der Waals surface area contributed by atoms with E-state index in [1.165, 1.54) is 6.42 Å². The topological polar surface area (TPSA) is 42.4 Å². The van der Waals surface area contributed by atoms with Gasteiger partial charge in [0.05, 0.1) is 11.7 Å². The Bertz CT molecular complexity index is 369. The molecule has 1 heterocycles. The summed E-state index contributed by atoms with van der Waals surface area (Å²) in [5, 5.41) is 10.1. The van der Waals surface area contributed by atoms with Gasteiger partial charge in [-0.25, -0.2) is 0 Å². The van der Waals surface area contributed by atoms with E-state index in [1.54, 1.807) is 13.3 Å². The van der Waals surface area contributed by atoms with E-state index < -0.39 is 0 Å². The van der Waals surface area contributed by atoms with Crippen LogP contribution in [-0.4, -0.2) is 28.9 Å². The monoisotopic (exact) mass is 235 g/mol. The molecule has 0 amide bonds. The van der Waals surface area contributed by atoms with Crippen LogP contribution in [0, 0.1) is 6.92 Å². The minimum absolute atomic E-state index is 0.0674. The van der Waals surface area contributed by atoms with Gasteiger partial charge in [-0.1, -0.05) is 6.07 Å². The van der Waals surface area contributed by atoms with Gasteiger partial charge in [-0.3, -0.25) is 4.98 Å². The predicted molar refractivity (Wildman–Crippen MR) is 66.9 cm³/mol. The summed E-state index contributed by atoms with van der Waals surface area (Å²) in [7, 11) is 1.75. The molecule has 0 radical (unpaired) electrons. The van der Waals surface area contributed by atoms with Gasteiger partial charge in [0.2, 0.25) is 0 Å². The molecular formula is C14H21NO2. The Labute approximate surface area is 103 Å². The van der Waals surface area contributed by atoms with E-state index in [2.05, 4.69) is 4.98 Å². The van der Waals surface area contributed by atoms with Crippen LogP contribution in [0.1, 0.15) is 36.9 Å². The Morgan fingerprint density at radius 2 is 2.29 bits per heavy atom. The van der Waals surface area contributed by atoms with E-state index in [0.29, 0.717) is 6.42 Å². The lowest BCUT2D eigenvalue weighted by Gasteiger charge is -2.41. The number of aliphatic hydroxyl groups excluding tert-OH is 1. The normalized spacial score (nSPS) is 19.7. The van der Waals surface area contributed by atoms with Gasteiger partial charge in [-0.05, 0) is 37.8 Å². The Morgan fingerprint density at radius 3 is 2.82 bits per heavy atom. The van der Waals surface area contributed by atoms with Gasteiger partial charge in [-0.2, -0.15) is 0 Å². The zero-order chi connectivity index (χ0) is 12.3. The lowest BCUT2D eigenvalue weighted by Crippen LogP contribution is -2.42. The molecule has 0 aromatic carbocycles. The minimum atomic E-state index is -0.358. The van der Waals surface area contributed by atoms with Crippen molar-refractivity contribution in [1.29, 1.82) is 0 Å². The molecule has 0 spiro atoms. The molecule has 1 fully saturated rings. The first kappa shape index (κ1) is 12.5. The van der Waals surface area contributed by atoms with Crippen molar-refractivity contribution in [1.82, 2.24) is 4.98 Å². The first-order chi connectivity index (χ1) is 8.15. The lowest BCUT2D eigenvalue weighted by molar-refractivity contribution is -0.0990. The van der Waals surface area contributed by atoms with Crippen LogP contribution in [0.4, 0.5) is 0 Å². The average molecular weight is 235 g/mol. The molecule has 94 valence electrons. The van der Waals surface area contributed by atoms with Gasteiger partial charge in [-0.15, -0.1) is 0 Å². The fourth-order valence-electron chi connectivity index (χ4n) is 2.52. The van der Waals surface area contributed by atoms with E-state index in [-0.39, 0.29) is 11.7 Å². The number of ether oxygens (including phenoxy) is 1. The molecule has 2 rings (SSSR count). The third-order valence-corrected chi connectivity index (χ3v) is 3.85. The maximum absolute atomic E-state index is 10.1. The van der Waals surface area contributed by atoms with E-state index in [1.807, 2.05) is 19.1 Å². The highest BCUT2D eigenvalue weighted by molar-refractivity contribution is 5.18. The second-order valence-electron chi connectivity index (χ2n) is 5.07. The Morgan fingerprint density at radius 1 is 1.53 bits per heavy atom. The fourth-order valence-corrected chi connectivity index (χ4v) is 2.52. The van der Waals surface area contributed by atoms with E-state index in [0.717, 1.165) is 30.5 Å². The third-order valence-electron chi connectivity index (χ3n) is 3.85. The number of methoxy groups -OCH3 is 1. The second-order valence-corrected chi connectivity index (χ2v) is 5.07. The molecule has 1 aliphatic rings. The number of hydrogen-bond donors (Lipinski definition) is 1. The van der Waals surface area contributed by atoms with Crippen LogP contribution in [0.3, 0.4) is 0 Å². The van der Waals surface area contributed by atoms with Crippen LogP contribution in [0.15, 0.2) is 18.3 Å². The molecule has 1 aliphatic carbocycles. The van der Waals surface area contributed by atoms with E-state index in [9.17, 15) is 5.11 Å². The quantitative estimate of drug-likeness (QED) is 0.851. The van der Waals surface area contributed by atoms with Gasteiger partial charge in [0.1, 0.15) is 0 Å². The standard InChI is InChI=1S/C14H21NO2/c1-11-5-3-8-15-13(11)9-12(16)10-14(17-2)6-4-7-14/h3,5,8,12,16H,4,6-7,9-10H2,1-2H3. The van der Waals surface area contributed by atoms with Gasteiger partial charge >= 0.3 is 0 Å². The first-order valence-corrected chi connectivity index (χ1v) is 6.29. The largest absolute Gasteiger partial charge is 0.393 e. The SMILES string of the molecule is COC1(CC(O)Cc2ncccc2C)CCC1. The molecule has 0 aliphatic heterocycles. The number of hydrogen-bond acceptors (Lipinski definition) is 3. The number of nitrogens with zero attached hydrogens (tertiary/aromatic N) is 1. The highest BCUT2D eigenvalue weighted by Crippen LogP contribution is 2.39. The highest BCUT2D eigenvalue weighted by Gasteiger charge is 2.38. The van der Waals surface area contributed by atoms with Crippen molar-refractivity contribution >= 4 is 0 Å². The molecule has 3 nitrogen and oxygen atoms in total. The van der Waals surface area contributed by atoms with E-state index >= 15 is 0 Å². The number of rotatable bonds is 5. The van der Waals surface area contributed by atoms with Crippen molar-refractivity contribution < 1.29 is 9.84 Å². The summed E-state index contributed by atoms with van der Waals surface area (Å²) >= 11 is 0. The van der Waals surface area contributed by atoms with Crippen LogP contribution >= 0.6 is 0 Å². The van der Waals surface area contributed by atoms with Crippen LogP contribution in [0.25, 0.3) is 0 Å². The van der Waals surface area contributed by atoms with Gasteiger partial charge in [0.25, 0.3) is 0 Å². The fraction of sp³-hybridized carbons (Fsp3) is 0.643. The number of aromatic nitrogens is 1. The molecule has 0 bridgehead atoms. The third kappa shape index (κ3) is 2.85. The molecule has 3 heteroatoms. The average Bonchev–Trinajstić information content (AvgIpc) is 2.27.